The molecular weight excluding hydrogens is 287 g/mol. The van der Waals surface area contributed by atoms with E-state index in [2.05, 4.69) is 21.2 Å². The fourth-order valence-corrected chi connectivity index (χ4v) is 1.61. The summed E-state index contributed by atoms with van der Waals surface area (Å²) in [5.74, 6) is 0. The van der Waals surface area contributed by atoms with Crippen molar-refractivity contribution in [3.05, 3.63) is 34.3 Å². The number of halogens is 4. The van der Waals surface area contributed by atoms with E-state index in [1.54, 1.807) is 0 Å². The lowest BCUT2D eigenvalue weighted by Crippen LogP contribution is -2.49. The number of hydrogen-bond acceptors (Lipinski definition) is 2. The summed E-state index contributed by atoms with van der Waals surface area (Å²) in [6.45, 7) is -0.585. The van der Waals surface area contributed by atoms with Crippen LogP contribution in [0.1, 0.15) is 5.56 Å². The number of aliphatic hydroxyl groups is 1. The van der Waals surface area contributed by atoms with Gasteiger partial charge in [0.1, 0.15) is 0 Å². The van der Waals surface area contributed by atoms with Crippen LogP contribution < -0.4 is 5.32 Å². The van der Waals surface area contributed by atoms with Gasteiger partial charge in [0, 0.05) is 11.0 Å². The van der Waals surface area contributed by atoms with Crippen molar-refractivity contribution >= 4 is 15.9 Å². The predicted octanol–water partition coefficient (Wildman–Crippen LogP) is 2.42. The molecule has 1 atom stereocenters. The van der Waals surface area contributed by atoms with Crippen LogP contribution in [-0.4, -0.2) is 24.9 Å². The lowest BCUT2D eigenvalue weighted by atomic mass is 9.93. The standard InChI is InChI=1S/C10H11BrF3NO/c1-15-6-9(16,10(12,13)14)7-2-4-8(11)5-3-7/h2-5,15-16H,6H2,1H3. The van der Waals surface area contributed by atoms with Gasteiger partial charge >= 0.3 is 6.18 Å². The Labute approximate surface area is 99.6 Å². The summed E-state index contributed by atoms with van der Waals surface area (Å²) in [5.41, 5.74) is -3.04. The molecule has 0 bridgehead atoms. The van der Waals surface area contributed by atoms with Crippen molar-refractivity contribution in [3.63, 3.8) is 0 Å². The normalized spacial score (nSPS) is 15.9. The molecule has 0 heterocycles. The molecule has 6 heteroatoms. The summed E-state index contributed by atoms with van der Waals surface area (Å²) >= 11 is 3.12. The minimum atomic E-state index is -4.72. The number of rotatable bonds is 3. The van der Waals surface area contributed by atoms with Gasteiger partial charge in [0.25, 0.3) is 0 Å². The molecule has 1 aromatic carbocycles. The van der Waals surface area contributed by atoms with Gasteiger partial charge in [-0.25, -0.2) is 0 Å². The van der Waals surface area contributed by atoms with Crippen molar-refractivity contribution in [1.29, 1.82) is 0 Å². The van der Waals surface area contributed by atoms with E-state index in [9.17, 15) is 18.3 Å². The first-order valence-corrected chi connectivity index (χ1v) is 5.30. The van der Waals surface area contributed by atoms with Gasteiger partial charge in [-0.2, -0.15) is 13.2 Å². The molecule has 1 rings (SSSR count). The molecule has 16 heavy (non-hydrogen) atoms. The molecule has 90 valence electrons. The Morgan fingerprint density at radius 1 is 1.25 bits per heavy atom. The second kappa shape index (κ2) is 4.73. The number of benzene rings is 1. The molecule has 0 spiro atoms. The molecular formula is C10H11BrF3NO. The summed E-state index contributed by atoms with van der Waals surface area (Å²) in [7, 11) is 1.36. The van der Waals surface area contributed by atoms with Crippen molar-refractivity contribution < 1.29 is 18.3 Å². The molecule has 0 fully saturated rings. The maximum atomic E-state index is 12.8. The lowest BCUT2D eigenvalue weighted by molar-refractivity contribution is -0.264. The zero-order valence-electron chi connectivity index (χ0n) is 8.48. The van der Waals surface area contributed by atoms with Crippen LogP contribution in [-0.2, 0) is 5.60 Å². The SMILES string of the molecule is CNCC(O)(c1ccc(Br)cc1)C(F)(F)F. The predicted molar refractivity (Wildman–Crippen MR) is 58.0 cm³/mol. The largest absolute Gasteiger partial charge is 0.422 e. The van der Waals surface area contributed by atoms with Crippen molar-refractivity contribution in [2.24, 2.45) is 0 Å². The number of nitrogens with one attached hydrogen (secondary N) is 1. The molecule has 0 aliphatic carbocycles. The van der Waals surface area contributed by atoms with Gasteiger partial charge in [0.05, 0.1) is 0 Å². The fourth-order valence-electron chi connectivity index (χ4n) is 1.35. The summed E-state index contributed by atoms with van der Waals surface area (Å²) in [6, 6.07) is 5.41. The highest BCUT2D eigenvalue weighted by atomic mass is 79.9. The fraction of sp³-hybridized carbons (Fsp3) is 0.400. The molecule has 0 aromatic heterocycles. The average Bonchev–Trinajstić information content (AvgIpc) is 2.17. The highest BCUT2D eigenvalue weighted by Gasteiger charge is 2.54. The van der Waals surface area contributed by atoms with Gasteiger partial charge in [-0.15, -0.1) is 0 Å². The molecule has 1 aromatic rings. The quantitative estimate of drug-likeness (QED) is 0.898. The Morgan fingerprint density at radius 2 is 1.75 bits per heavy atom. The Hall–Kier alpha value is -0.590. The maximum absolute atomic E-state index is 12.8. The summed E-state index contributed by atoms with van der Waals surface area (Å²) in [5, 5.41) is 12.1. The summed E-state index contributed by atoms with van der Waals surface area (Å²) < 4.78 is 39.0. The van der Waals surface area contributed by atoms with Crippen molar-refractivity contribution in [3.8, 4) is 0 Å². The van der Waals surface area contributed by atoms with Gasteiger partial charge in [-0.1, -0.05) is 28.1 Å². The van der Waals surface area contributed by atoms with Crippen LogP contribution in [0, 0.1) is 0 Å². The number of likely N-dealkylation sites (N-methyl/N-ethyl adjacent to an activating group) is 1. The van der Waals surface area contributed by atoms with Crippen LogP contribution in [0.3, 0.4) is 0 Å². The van der Waals surface area contributed by atoms with E-state index in [-0.39, 0.29) is 5.56 Å². The van der Waals surface area contributed by atoms with E-state index in [4.69, 9.17) is 0 Å². The van der Waals surface area contributed by atoms with Crippen LogP contribution >= 0.6 is 15.9 Å². The minimum Gasteiger partial charge on any atom is -0.375 e. The molecule has 0 amide bonds. The minimum absolute atomic E-state index is 0.183. The third-order valence-corrected chi connectivity index (χ3v) is 2.75. The molecule has 0 aliphatic rings. The van der Waals surface area contributed by atoms with Gasteiger partial charge in [0.15, 0.2) is 5.60 Å². The van der Waals surface area contributed by atoms with Crippen LogP contribution in [0.15, 0.2) is 28.7 Å². The second-order valence-corrected chi connectivity index (χ2v) is 4.31. The van der Waals surface area contributed by atoms with E-state index in [0.29, 0.717) is 4.47 Å². The monoisotopic (exact) mass is 297 g/mol. The summed E-state index contributed by atoms with van der Waals surface area (Å²) in [6.07, 6.45) is -4.72. The Bertz CT molecular complexity index is 352. The van der Waals surface area contributed by atoms with Gasteiger partial charge < -0.3 is 10.4 Å². The Morgan fingerprint density at radius 3 is 2.12 bits per heavy atom. The van der Waals surface area contributed by atoms with E-state index in [1.165, 1.54) is 31.3 Å². The molecule has 0 saturated heterocycles. The first-order valence-electron chi connectivity index (χ1n) is 4.51. The van der Waals surface area contributed by atoms with Crippen LogP contribution in [0.2, 0.25) is 0 Å². The third-order valence-electron chi connectivity index (χ3n) is 2.22. The van der Waals surface area contributed by atoms with Crippen molar-refractivity contribution in [1.82, 2.24) is 5.32 Å². The van der Waals surface area contributed by atoms with Crippen molar-refractivity contribution in [2.45, 2.75) is 11.8 Å². The average molecular weight is 298 g/mol. The van der Waals surface area contributed by atoms with E-state index in [1.807, 2.05) is 0 Å². The highest BCUT2D eigenvalue weighted by Crippen LogP contribution is 2.38. The Kier molecular flexibility index (Phi) is 3.98. The molecule has 0 aliphatic heterocycles. The topological polar surface area (TPSA) is 32.3 Å². The van der Waals surface area contributed by atoms with Crippen LogP contribution in [0.5, 0.6) is 0 Å². The highest BCUT2D eigenvalue weighted by molar-refractivity contribution is 9.10. The number of alkyl halides is 3. The van der Waals surface area contributed by atoms with E-state index < -0.39 is 18.3 Å². The van der Waals surface area contributed by atoms with E-state index >= 15 is 0 Å². The first kappa shape index (κ1) is 13.5. The van der Waals surface area contributed by atoms with Crippen molar-refractivity contribution in [2.75, 3.05) is 13.6 Å². The third kappa shape index (κ3) is 2.56. The van der Waals surface area contributed by atoms with Crippen LogP contribution in [0.25, 0.3) is 0 Å². The molecule has 2 N–H and O–H groups in total. The maximum Gasteiger partial charge on any atom is 0.422 e. The summed E-state index contributed by atoms with van der Waals surface area (Å²) in [4.78, 5) is 0. The van der Waals surface area contributed by atoms with Crippen LogP contribution in [0.4, 0.5) is 13.2 Å². The molecule has 1 unspecified atom stereocenters. The molecule has 0 radical (unpaired) electrons. The zero-order valence-corrected chi connectivity index (χ0v) is 10.1. The smallest absolute Gasteiger partial charge is 0.375 e. The second-order valence-electron chi connectivity index (χ2n) is 3.40. The molecule has 2 nitrogen and oxygen atoms in total. The zero-order chi connectivity index (χ0) is 12.4. The first-order chi connectivity index (χ1) is 7.31. The van der Waals surface area contributed by atoms with E-state index in [0.717, 1.165) is 0 Å². The molecule has 0 saturated carbocycles. The van der Waals surface area contributed by atoms with Gasteiger partial charge in [-0.05, 0) is 24.7 Å². The van der Waals surface area contributed by atoms with Gasteiger partial charge in [0.2, 0.25) is 0 Å². The van der Waals surface area contributed by atoms with Gasteiger partial charge in [-0.3, -0.25) is 0 Å². The lowest BCUT2D eigenvalue weighted by Gasteiger charge is -2.30. The Balaban J connectivity index is 3.16. The number of hydrogen-bond donors (Lipinski definition) is 2.